The number of hydrogen-bond acceptors (Lipinski definition) is 2. The van der Waals surface area contributed by atoms with Gasteiger partial charge in [0.15, 0.2) is 0 Å². The highest BCUT2D eigenvalue weighted by Crippen LogP contribution is 2.24. The van der Waals surface area contributed by atoms with Gasteiger partial charge in [-0.3, -0.25) is 4.79 Å². The van der Waals surface area contributed by atoms with Crippen molar-refractivity contribution in [1.29, 1.82) is 0 Å². The van der Waals surface area contributed by atoms with E-state index in [1.54, 1.807) is 22.9 Å². The zero-order chi connectivity index (χ0) is 21.8. The van der Waals surface area contributed by atoms with E-state index in [0.717, 1.165) is 34.4 Å². The van der Waals surface area contributed by atoms with Gasteiger partial charge in [-0.1, -0.05) is 48.0 Å². The van der Waals surface area contributed by atoms with Crippen LogP contribution in [0.5, 0.6) is 0 Å². The molecule has 31 heavy (non-hydrogen) atoms. The average Bonchev–Trinajstić information content (AvgIpc) is 3.20. The Morgan fingerprint density at radius 2 is 1.71 bits per heavy atom. The van der Waals surface area contributed by atoms with E-state index in [4.69, 9.17) is 5.10 Å². The van der Waals surface area contributed by atoms with Crippen LogP contribution in [-0.4, -0.2) is 22.2 Å². The highest BCUT2D eigenvalue weighted by molar-refractivity contribution is 5.94. The minimum Gasteiger partial charge on any atom is -0.350 e. The maximum Gasteiger partial charge on any atom is 0.270 e. The summed E-state index contributed by atoms with van der Waals surface area (Å²) in [4.78, 5) is 13.1. The molecule has 0 aliphatic heterocycles. The van der Waals surface area contributed by atoms with Gasteiger partial charge in [0, 0.05) is 12.1 Å². The third-order valence-electron chi connectivity index (χ3n) is 5.20. The fourth-order valence-corrected chi connectivity index (χ4v) is 3.59. The predicted molar refractivity (Wildman–Crippen MR) is 121 cm³/mol. The number of aromatic nitrogens is 2. The van der Waals surface area contributed by atoms with Crippen molar-refractivity contribution < 1.29 is 9.18 Å². The topological polar surface area (TPSA) is 46.9 Å². The number of benzene rings is 3. The second-order valence-corrected chi connectivity index (χ2v) is 7.61. The van der Waals surface area contributed by atoms with E-state index < -0.39 is 0 Å². The van der Waals surface area contributed by atoms with Crippen molar-refractivity contribution >= 4 is 5.91 Å². The van der Waals surface area contributed by atoms with Crippen molar-refractivity contribution in [3.63, 3.8) is 0 Å². The summed E-state index contributed by atoms with van der Waals surface area (Å²) in [6.45, 7) is 4.55. The lowest BCUT2D eigenvalue weighted by molar-refractivity contribution is 0.0946. The van der Waals surface area contributed by atoms with Crippen LogP contribution in [0.15, 0.2) is 78.9 Å². The van der Waals surface area contributed by atoms with Crippen LogP contribution in [0.4, 0.5) is 4.39 Å². The van der Waals surface area contributed by atoms with Crippen LogP contribution >= 0.6 is 0 Å². The summed E-state index contributed by atoms with van der Waals surface area (Å²) in [5.74, 6) is -0.506. The first-order valence-corrected chi connectivity index (χ1v) is 10.3. The summed E-state index contributed by atoms with van der Waals surface area (Å²) in [7, 11) is 0. The Labute approximate surface area is 181 Å². The monoisotopic (exact) mass is 413 g/mol. The summed E-state index contributed by atoms with van der Waals surface area (Å²) in [6, 6.07) is 23.9. The molecule has 4 rings (SSSR count). The smallest absolute Gasteiger partial charge is 0.270 e. The highest BCUT2D eigenvalue weighted by Gasteiger charge is 2.18. The van der Waals surface area contributed by atoms with Gasteiger partial charge >= 0.3 is 0 Å². The second kappa shape index (κ2) is 8.96. The molecule has 0 spiro atoms. The first-order chi connectivity index (χ1) is 15.0. The maximum absolute atomic E-state index is 13.4. The number of rotatable bonds is 6. The molecule has 0 saturated carbocycles. The summed E-state index contributed by atoms with van der Waals surface area (Å²) >= 11 is 0. The van der Waals surface area contributed by atoms with Gasteiger partial charge in [-0.05, 0) is 67.8 Å². The van der Waals surface area contributed by atoms with E-state index in [0.29, 0.717) is 17.9 Å². The minimum atomic E-state index is -0.309. The molecule has 5 heteroatoms. The molecule has 156 valence electrons. The quantitative estimate of drug-likeness (QED) is 0.468. The standard InChI is InChI=1S/C26H24FN3O/c1-18-8-13-24(19(2)16-18)30-25(17-23(29-30)21-9-11-22(27)12-10-21)26(31)28-15-14-20-6-4-3-5-7-20/h3-13,16-17H,14-15H2,1-2H3,(H,28,31). The predicted octanol–water partition coefficient (Wildman–Crippen LogP) is 5.27. The van der Waals surface area contributed by atoms with Crippen LogP contribution < -0.4 is 5.32 Å². The van der Waals surface area contributed by atoms with Gasteiger partial charge in [0.25, 0.3) is 5.91 Å². The maximum atomic E-state index is 13.4. The van der Waals surface area contributed by atoms with Gasteiger partial charge in [-0.25, -0.2) is 9.07 Å². The van der Waals surface area contributed by atoms with Crippen LogP contribution in [0.3, 0.4) is 0 Å². The number of halogens is 1. The normalized spacial score (nSPS) is 10.8. The fourth-order valence-electron chi connectivity index (χ4n) is 3.59. The Morgan fingerprint density at radius 3 is 2.42 bits per heavy atom. The van der Waals surface area contributed by atoms with Crippen LogP contribution in [0, 0.1) is 19.7 Å². The van der Waals surface area contributed by atoms with E-state index in [-0.39, 0.29) is 11.7 Å². The Balaban J connectivity index is 1.65. The van der Waals surface area contributed by atoms with Crippen molar-refractivity contribution in [2.24, 2.45) is 0 Å². The fraction of sp³-hybridized carbons (Fsp3) is 0.154. The molecule has 0 bridgehead atoms. The van der Waals surface area contributed by atoms with Gasteiger partial charge in [0.2, 0.25) is 0 Å². The van der Waals surface area contributed by atoms with E-state index in [2.05, 4.69) is 11.4 Å². The van der Waals surface area contributed by atoms with Crippen LogP contribution in [0.25, 0.3) is 16.9 Å². The Kier molecular flexibility index (Phi) is 5.94. The van der Waals surface area contributed by atoms with Gasteiger partial charge in [0.1, 0.15) is 11.5 Å². The number of carbonyl (C=O) groups is 1. The number of carbonyl (C=O) groups excluding carboxylic acids is 1. The second-order valence-electron chi connectivity index (χ2n) is 7.61. The number of aryl methyl sites for hydroxylation is 2. The molecular formula is C26H24FN3O. The SMILES string of the molecule is Cc1ccc(-n2nc(-c3ccc(F)cc3)cc2C(=O)NCCc2ccccc2)c(C)c1. The first-order valence-electron chi connectivity index (χ1n) is 10.3. The first kappa shape index (κ1) is 20.5. The molecular weight excluding hydrogens is 389 g/mol. The van der Waals surface area contributed by atoms with E-state index in [9.17, 15) is 9.18 Å². The largest absolute Gasteiger partial charge is 0.350 e. The van der Waals surface area contributed by atoms with Crippen molar-refractivity contribution in [3.8, 4) is 16.9 Å². The molecule has 0 atom stereocenters. The highest BCUT2D eigenvalue weighted by atomic mass is 19.1. The molecule has 0 unspecified atom stereocenters. The Bertz CT molecular complexity index is 1200. The van der Waals surface area contributed by atoms with Crippen molar-refractivity contribution in [2.75, 3.05) is 6.54 Å². The minimum absolute atomic E-state index is 0.197. The van der Waals surface area contributed by atoms with E-state index in [1.807, 2.05) is 56.3 Å². The molecule has 0 aliphatic carbocycles. The third kappa shape index (κ3) is 4.72. The lowest BCUT2D eigenvalue weighted by atomic mass is 10.1. The van der Waals surface area contributed by atoms with Crippen LogP contribution in [0.1, 0.15) is 27.2 Å². The van der Waals surface area contributed by atoms with Gasteiger partial charge in [-0.15, -0.1) is 0 Å². The summed E-state index contributed by atoms with van der Waals surface area (Å²) < 4.78 is 15.0. The lowest BCUT2D eigenvalue weighted by Gasteiger charge is -2.11. The van der Waals surface area contributed by atoms with E-state index >= 15 is 0 Å². The molecule has 4 aromatic rings. The third-order valence-corrected chi connectivity index (χ3v) is 5.20. The van der Waals surface area contributed by atoms with Crippen LogP contribution in [-0.2, 0) is 6.42 Å². The summed E-state index contributed by atoms with van der Waals surface area (Å²) in [6.07, 6.45) is 0.745. The summed E-state index contributed by atoms with van der Waals surface area (Å²) in [5, 5.41) is 7.69. The lowest BCUT2D eigenvalue weighted by Crippen LogP contribution is -2.28. The molecule has 0 radical (unpaired) electrons. The Morgan fingerprint density at radius 1 is 0.968 bits per heavy atom. The molecule has 0 fully saturated rings. The molecule has 0 saturated heterocycles. The zero-order valence-electron chi connectivity index (χ0n) is 17.6. The average molecular weight is 413 g/mol. The molecule has 3 aromatic carbocycles. The molecule has 1 amide bonds. The molecule has 1 aromatic heterocycles. The molecule has 1 N–H and O–H groups in total. The van der Waals surface area contributed by atoms with Gasteiger partial charge in [0.05, 0.1) is 11.4 Å². The van der Waals surface area contributed by atoms with Crippen molar-refractivity contribution in [2.45, 2.75) is 20.3 Å². The molecule has 4 nitrogen and oxygen atoms in total. The molecule has 1 heterocycles. The van der Waals surface area contributed by atoms with Gasteiger partial charge < -0.3 is 5.32 Å². The van der Waals surface area contributed by atoms with Gasteiger partial charge in [-0.2, -0.15) is 5.10 Å². The number of hydrogen-bond donors (Lipinski definition) is 1. The number of nitrogens with zero attached hydrogens (tertiary/aromatic N) is 2. The Hall–Kier alpha value is -3.73. The van der Waals surface area contributed by atoms with E-state index in [1.165, 1.54) is 12.1 Å². The zero-order valence-corrected chi connectivity index (χ0v) is 17.6. The van der Waals surface area contributed by atoms with Crippen molar-refractivity contribution in [3.05, 3.63) is 107 Å². The number of amides is 1. The van der Waals surface area contributed by atoms with Crippen molar-refractivity contribution in [1.82, 2.24) is 15.1 Å². The van der Waals surface area contributed by atoms with Crippen LogP contribution in [0.2, 0.25) is 0 Å². The number of nitrogens with one attached hydrogen (secondary N) is 1. The molecule has 0 aliphatic rings. The summed E-state index contributed by atoms with van der Waals surface area (Å²) in [5.41, 5.74) is 5.98.